The van der Waals surface area contributed by atoms with Crippen LogP contribution in [0.5, 0.6) is 0 Å². The molecule has 0 saturated heterocycles. The van der Waals surface area contributed by atoms with Gasteiger partial charge in [0.25, 0.3) is 5.91 Å². The highest BCUT2D eigenvalue weighted by Gasteiger charge is 2.12. The monoisotopic (exact) mass is 309 g/mol. The van der Waals surface area contributed by atoms with E-state index in [0.717, 1.165) is 27.4 Å². The summed E-state index contributed by atoms with van der Waals surface area (Å²) in [6.07, 6.45) is 3.45. The molecule has 5 heteroatoms. The summed E-state index contributed by atoms with van der Waals surface area (Å²) in [5, 5.41) is 5.45. The average molecular weight is 309 g/mol. The first-order valence-electron chi connectivity index (χ1n) is 6.87. The summed E-state index contributed by atoms with van der Waals surface area (Å²) in [7, 11) is 0. The maximum absolute atomic E-state index is 12.3. The maximum atomic E-state index is 12.3. The predicted molar refractivity (Wildman–Crippen MR) is 89.2 cm³/mol. The van der Waals surface area contributed by atoms with Crippen molar-refractivity contribution in [3.63, 3.8) is 0 Å². The number of thiazole rings is 1. The first-order valence-corrected chi connectivity index (χ1v) is 7.75. The van der Waals surface area contributed by atoms with Crippen molar-refractivity contribution in [3.05, 3.63) is 64.9 Å². The van der Waals surface area contributed by atoms with Gasteiger partial charge >= 0.3 is 0 Å². The van der Waals surface area contributed by atoms with Crippen LogP contribution in [0, 0.1) is 13.8 Å². The van der Waals surface area contributed by atoms with Crippen LogP contribution < -0.4 is 5.32 Å². The molecule has 4 nitrogen and oxygen atoms in total. The van der Waals surface area contributed by atoms with Crippen molar-refractivity contribution in [2.45, 2.75) is 13.8 Å². The van der Waals surface area contributed by atoms with Crippen molar-refractivity contribution < 1.29 is 4.79 Å². The summed E-state index contributed by atoms with van der Waals surface area (Å²) in [5.41, 5.74) is 4.36. The van der Waals surface area contributed by atoms with Gasteiger partial charge < -0.3 is 5.32 Å². The average Bonchev–Trinajstić information content (AvgIpc) is 2.97. The van der Waals surface area contributed by atoms with Gasteiger partial charge in [-0.25, -0.2) is 4.98 Å². The van der Waals surface area contributed by atoms with Gasteiger partial charge in [-0.3, -0.25) is 9.78 Å². The number of benzene rings is 1. The van der Waals surface area contributed by atoms with Crippen molar-refractivity contribution >= 4 is 22.9 Å². The predicted octanol–water partition coefficient (Wildman–Crippen LogP) is 4.07. The number of nitrogens with zero attached hydrogens (tertiary/aromatic N) is 2. The number of nitrogens with one attached hydrogen (secondary N) is 1. The van der Waals surface area contributed by atoms with Gasteiger partial charge in [0.1, 0.15) is 10.7 Å². The quantitative estimate of drug-likeness (QED) is 0.793. The van der Waals surface area contributed by atoms with Crippen molar-refractivity contribution in [3.8, 4) is 10.6 Å². The molecule has 0 unspecified atom stereocenters. The van der Waals surface area contributed by atoms with E-state index < -0.39 is 0 Å². The van der Waals surface area contributed by atoms with Crippen molar-refractivity contribution in [2.75, 3.05) is 5.32 Å². The molecule has 1 amide bonds. The number of amides is 1. The molecule has 0 atom stereocenters. The van der Waals surface area contributed by atoms with Crippen LogP contribution >= 0.6 is 11.3 Å². The number of rotatable bonds is 3. The molecule has 0 aliphatic rings. The number of hydrogen-bond donors (Lipinski definition) is 1. The Morgan fingerprint density at radius 3 is 2.64 bits per heavy atom. The van der Waals surface area contributed by atoms with Gasteiger partial charge in [-0.15, -0.1) is 11.3 Å². The van der Waals surface area contributed by atoms with E-state index >= 15 is 0 Å². The molecule has 0 aliphatic heterocycles. The molecule has 3 aromatic rings. The van der Waals surface area contributed by atoms with Crippen molar-refractivity contribution in [1.82, 2.24) is 9.97 Å². The van der Waals surface area contributed by atoms with Gasteiger partial charge in [-0.2, -0.15) is 0 Å². The first kappa shape index (κ1) is 14.4. The van der Waals surface area contributed by atoms with E-state index in [0.29, 0.717) is 5.69 Å². The van der Waals surface area contributed by atoms with E-state index in [4.69, 9.17) is 0 Å². The standard InChI is InChI=1S/C17H15N3OS/c1-11-6-12(2)8-14(7-11)19-16(21)15-10-22-17(20-15)13-4-3-5-18-9-13/h3-10H,1-2H3,(H,19,21). The number of pyridine rings is 1. The van der Waals surface area contributed by atoms with Crippen molar-refractivity contribution in [2.24, 2.45) is 0 Å². The summed E-state index contributed by atoms with van der Waals surface area (Å²) in [5.74, 6) is -0.198. The van der Waals surface area contributed by atoms with Crippen LogP contribution in [-0.2, 0) is 0 Å². The number of hydrogen-bond acceptors (Lipinski definition) is 4. The molecule has 2 heterocycles. The Hall–Kier alpha value is -2.53. The second-order valence-corrected chi connectivity index (χ2v) is 5.97. The van der Waals surface area contributed by atoms with E-state index in [2.05, 4.69) is 21.4 Å². The number of aryl methyl sites for hydroxylation is 2. The molecule has 0 fully saturated rings. The van der Waals surface area contributed by atoms with Gasteiger partial charge in [-0.05, 0) is 49.2 Å². The second-order valence-electron chi connectivity index (χ2n) is 5.11. The molecule has 3 rings (SSSR count). The number of anilines is 1. The highest BCUT2D eigenvalue weighted by Crippen LogP contribution is 2.23. The van der Waals surface area contributed by atoms with Crippen LogP contribution in [0.2, 0.25) is 0 Å². The van der Waals surface area contributed by atoms with Gasteiger partial charge in [0.05, 0.1) is 0 Å². The summed E-state index contributed by atoms with van der Waals surface area (Å²) >= 11 is 1.44. The third kappa shape index (κ3) is 3.20. The summed E-state index contributed by atoms with van der Waals surface area (Å²) in [6.45, 7) is 4.01. The normalized spacial score (nSPS) is 10.5. The van der Waals surface area contributed by atoms with E-state index in [-0.39, 0.29) is 5.91 Å². The minimum Gasteiger partial charge on any atom is -0.321 e. The lowest BCUT2D eigenvalue weighted by Gasteiger charge is -2.06. The Morgan fingerprint density at radius 1 is 1.18 bits per heavy atom. The molecule has 110 valence electrons. The van der Waals surface area contributed by atoms with E-state index in [1.165, 1.54) is 11.3 Å². The molecule has 1 aromatic carbocycles. The Bertz CT molecular complexity index is 792. The summed E-state index contributed by atoms with van der Waals surface area (Å²) in [4.78, 5) is 20.8. The second kappa shape index (κ2) is 6.07. The van der Waals surface area contributed by atoms with Crippen LogP contribution in [0.1, 0.15) is 21.6 Å². The fourth-order valence-electron chi connectivity index (χ4n) is 2.24. The number of aromatic nitrogens is 2. The molecule has 22 heavy (non-hydrogen) atoms. The highest BCUT2D eigenvalue weighted by atomic mass is 32.1. The van der Waals surface area contributed by atoms with E-state index in [1.54, 1.807) is 17.8 Å². The summed E-state index contributed by atoms with van der Waals surface area (Å²) in [6, 6.07) is 9.74. The molecule has 1 N–H and O–H groups in total. The minimum atomic E-state index is -0.198. The van der Waals surface area contributed by atoms with E-state index in [1.807, 2.05) is 38.1 Å². The largest absolute Gasteiger partial charge is 0.321 e. The SMILES string of the molecule is Cc1cc(C)cc(NC(=O)c2csc(-c3cccnc3)n2)c1. The lowest BCUT2D eigenvalue weighted by atomic mass is 10.1. The van der Waals surface area contributed by atoms with Gasteiger partial charge in [-0.1, -0.05) is 6.07 Å². The fraction of sp³-hybridized carbons (Fsp3) is 0.118. The third-order valence-corrected chi connectivity index (χ3v) is 4.02. The zero-order chi connectivity index (χ0) is 15.5. The molecule has 0 aliphatic carbocycles. The third-order valence-electron chi connectivity index (χ3n) is 3.12. The molecule has 2 aromatic heterocycles. The smallest absolute Gasteiger partial charge is 0.275 e. The van der Waals surface area contributed by atoms with E-state index in [9.17, 15) is 4.79 Å². The molecule has 0 saturated carbocycles. The first-order chi connectivity index (χ1) is 10.6. The zero-order valence-electron chi connectivity index (χ0n) is 12.3. The number of carbonyl (C=O) groups excluding carboxylic acids is 1. The van der Waals surface area contributed by atoms with Gasteiger partial charge in [0.15, 0.2) is 0 Å². The zero-order valence-corrected chi connectivity index (χ0v) is 13.1. The Balaban J connectivity index is 1.80. The molecule has 0 spiro atoms. The topological polar surface area (TPSA) is 54.9 Å². The van der Waals surface area contributed by atoms with Crippen LogP contribution in [0.3, 0.4) is 0 Å². The molecular formula is C17H15N3OS. The Morgan fingerprint density at radius 2 is 1.95 bits per heavy atom. The lowest BCUT2D eigenvalue weighted by Crippen LogP contribution is -2.12. The van der Waals surface area contributed by atoms with Crippen LogP contribution in [0.15, 0.2) is 48.1 Å². The van der Waals surface area contributed by atoms with Crippen molar-refractivity contribution in [1.29, 1.82) is 0 Å². The van der Waals surface area contributed by atoms with Crippen LogP contribution in [-0.4, -0.2) is 15.9 Å². The fourth-order valence-corrected chi connectivity index (χ4v) is 3.03. The number of carbonyl (C=O) groups is 1. The molecular weight excluding hydrogens is 294 g/mol. The van der Waals surface area contributed by atoms with Crippen LogP contribution in [0.4, 0.5) is 5.69 Å². The molecule has 0 radical (unpaired) electrons. The maximum Gasteiger partial charge on any atom is 0.275 e. The summed E-state index contributed by atoms with van der Waals surface area (Å²) < 4.78 is 0. The molecule has 0 bridgehead atoms. The van der Waals surface area contributed by atoms with Crippen LogP contribution in [0.25, 0.3) is 10.6 Å². The van der Waals surface area contributed by atoms with Gasteiger partial charge in [0, 0.05) is 29.0 Å². The highest BCUT2D eigenvalue weighted by molar-refractivity contribution is 7.13. The minimum absolute atomic E-state index is 0.198. The Kier molecular flexibility index (Phi) is 3.98. The van der Waals surface area contributed by atoms with Gasteiger partial charge in [0.2, 0.25) is 0 Å². The lowest BCUT2D eigenvalue weighted by molar-refractivity contribution is 0.102. The Labute approximate surface area is 132 Å².